The van der Waals surface area contributed by atoms with Crippen molar-refractivity contribution < 1.29 is 4.79 Å². The number of piperidine rings is 1. The fourth-order valence-corrected chi connectivity index (χ4v) is 2.75. The van der Waals surface area contributed by atoms with Crippen LogP contribution in [0.3, 0.4) is 0 Å². The molecule has 1 fully saturated rings. The van der Waals surface area contributed by atoms with Gasteiger partial charge in [-0.1, -0.05) is 46.0 Å². The summed E-state index contributed by atoms with van der Waals surface area (Å²) in [4.78, 5) is 14.1. The summed E-state index contributed by atoms with van der Waals surface area (Å²) < 4.78 is 0. The van der Waals surface area contributed by atoms with Gasteiger partial charge in [-0.25, -0.2) is 0 Å². The quantitative estimate of drug-likeness (QED) is 0.710. The summed E-state index contributed by atoms with van der Waals surface area (Å²) in [7, 11) is 0. The third kappa shape index (κ3) is 4.97. The SMILES string of the molecule is CCCCCCCC(=O)N1CCC(N)C(CC)C1. The van der Waals surface area contributed by atoms with E-state index in [0.29, 0.717) is 17.9 Å². The maximum atomic E-state index is 12.1. The molecule has 0 aliphatic carbocycles. The second-order valence-electron chi connectivity index (χ2n) is 5.62. The van der Waals surface area contributed by atoms with Gasteiger partial charge in [-0.15, -0.1) is 0 Å². The highest BCUT2D eigenvalue weighted by Crippen LogP contribution is 2.19. The molecule has 0 aromatic heterocycles. The molecule has 1 aliphatic heterocycles. The molecule has 1 rings (SSSR count). The van der Waals surface area contributed by atoms with Gasteiger partial charge >= 0.3 is 0 Å². The predicted octanol–water partition coefficient (Wildman–Crippen LogP) is 2.93. The Bertz CT molecular complexity index is 243. The molecular weight excluding hydrogens is 224 g/mol. The van der Waals surface area contributed by atoms with E-state index in [1.54, 1.807) is 0 Å². The molecule has 106 valence electrons. The summed E-state index contributed by atoms with van der Waals surface area (Å²) in [5.74, 6) is 0.847. The van der Waals surface area contributed by atoms with Crippen LogP contribution in [0.2, 0.25) is 0 Å². The van der Waals surface area contributed by atoms with Crippen molar-refractivity contribution in [3.63, 3.8) is 0 Å². The van der Waals surface area contributed by atoms with Crippen LogP contribution in [0.15, 0.2) is 0 Å². The Morgan fingerprint density at radius 1 is 1.22 bits per heavy atom. The van der Waals surface area contributed by atoms with Crippen molar-refractivity contribution in [2.75, 3.05) is 13.1 Å². The summed E-state index contributed by atoms with van der Waals surface area (Å²) in [6, 6.07) is 0.295. The maximum Gasteiger partial charge on any atom is 0.222 e. The number of rotatable bonds is 7. The first-order valence-corrected chi connectivity index (χ1v) is 7.72. The molecule has 18 heavy (non-hydrogen) atoms. The highest BCUT2D eigenvalue weighted by Gasteiger charge is 2.27. The highest BCUT2D eigenvalue weighted by molar-refractivity contribution is 5.76. The molecule has 0 spiro atoms. The van der Waals surface area contributed by atoms with E-state index in [1.807, 2.05) is 4.90 Å². The second kappa shape index (κ2) is 8.52. The Morgan fingerprint density at radius 3 is 2.61 bits per heavy atom. The van der Waals surface area contributed by atoms with Crippen LogP contribution in [-0.2, 0) is 4.79 Å². The highest BCUT2D eigenvalue weighted by atomic mass is 16.2. The van der Waals surface area contributed by atoms with E-state index in [4.69, 9.17) is 5.73 Å². The summed E-state index contributed by atoms with van der Waals surface area (Å²) in [6.07, 6.45) is 8.87. The number of likely N-dealkylation sites (tertiary alicyclic amines) is 1. The van der Waals surface area contributed by atoms with Gasteiger partial charge in [-0.2, -0.15) is 0 Å². The van der Waals surface area contributed by atoms with Gasteiger partial charge in [-0.3, -0.25) is 4.79 Å². The normalized spacial score (nSPS) is 24.3. The van der Waals surface area contributed by atoms with E-state index >= 15 is 0 Å². The Balaban J connectivity index is 2.21. The van der Waals surface area contributed by atoms with Crippen molar-refractivity contribution in [2.24, 2.45) is 11.7 Å². The summed E-state index contributed by atoms with van der Waals surface area (Å²) in [6.45, 7) is 6.13. The number of hydrogen-bond acceptors (Lipinski definition) is 2. The van der Waals surface area contributed by atoms with Crippen LogP contribution >= 0.6 is 0 Å². The lowest BCUT2D eigenvalue weighted by molar-refractivity contribution is -0.133. The zero-order valence-electron chi connectivity index (χ0n) is 12.2. The van der Waals surface area contributed by atoms with Gasteiger partial charge in [0.1, 0.15) is 0 Å². The molecule has 1 aliphatic rings. The molecule has 0 aromatic rings. The number of nitrogens with two attached hydrogens (primary N) is 1. The van der Waals surface area contributed by atoms with E-state index in [2.05, 4.69) is 13.8 Å². The predicted molar refractivity (Wildman–Crippen MR) is 76.3 cm³/mol. The first kappa shape index (κ1) is 15.5. The fourth-order valence-electron chi connectivity index (χ4n) is 2.75. The number of unbranched alkanes of at least 4 members (excludes halogenated alkanes) is 4. The van der Waals surface area contributed by atoms with Crippen LogP contribution in [0.25, 0.3) is 0 Å². The Labute approximate surface area is 112 Å². The van der Waals surface area contributed by atoms with Gasteiger partial charge in [-0.05, 0) is 18.8 Å². The van der Waals surface area contributed by atoms with Gasteiger partial charge in [0.2, 0.25) is 5.91 Å². The smallest absolute Gasteiger partial charge is 0.222 e. The van der Waals surface area contributed by atoms with Crippen LogP contribution in [0.5, 0.6) is 0 Å². The summed E-state index contributed by atoms with van der Waals surface area (Å²) in [5.41, 5.74) is 6.07. The molecule has 1 saturated heterocycles. The van der Waals surface area contributed by atoms with E-state index in [9.17, 15) is 4.79 Å². The lowest BCUT2D eigenvalue weighted by Gasteiger charge is -2.36. The second-order valence-corrected chi connectivity index (χ2v) is 5.62. The first-order valence-electron chi connectivity index (χ1n) is 7.72. The Hall–Kier alpha value is -0.570. The first-order chi connectivity index (χ1) is 8.69. The van der Waals surface area contributed by atoms with E-state index < -0.39 is 0 Å². The third-order valence-corrected chi connectivity index (χ3v) is 4.16. The molecule has 0 saturated carbocycles. The zero-order valence-corrected chi connectivity index (χ0v) is 12.2. The van der Waals surface area contributed by atoms with Gasteiger partial charge in [0, 0.05) is 25.6 Å². The van der Waals surface area contributed by atoms with Crippen molar-refractivity contribution in [2.45, 2.75) is 71.3 Å². The molecule has 0 radical (unpaired) electrons. The molecule has 2 unspecified atom stereocenters. The number of amides is 1. The van der Waals surface area contributed by atoms with Crippen molar-refractivity contribution >= 4 is 5.91 Å². The zero-order chi connectivity index (χ0) is 13.4. The van der Waals surface area contributed by atoms with E-state index in [0.717, 1.165) is 38.8 Å². The van der Waals surface area contributed by atoms with Crippen molar-refractivity contribution in [3.05, 3.63) is 0 Å². The summed E-state index contributed by atoms with van der Waals surface area (Å²) >= 11 is 0. The number of hydrogen-bond donors (Lipinski definition) is 1. The number of carbonyl (C=O) groups excluding carboxylic acids is 1. The average Bonchev–Trinajstić information content (AvgIpc) is 2.38. The lowest BCUT2D eigenvalue weighted by atomic mass is 9.90. The molecule has 3 nitrogen and oxygen atoms in total. The van der Waals surface area contributed by atoms with Crippen LogP contribution < -0.4 is 5.73 Å². The van der Waals surface area contributed by atoms with Crippen LogP contribution in [0.4, 0.5) is 0 Å². The molecule has 2 N–H and O–H groups in total. The molecule has 0 aromatic carbocycles. The minimum atomic E-state index is 0.295. The van der Waals surface area contributed by atoms with Crippen molar-refractivity contribution in [3.8, 4) is 0 Å². The molecule has 1 heterocycles. The summed E-state index contributed by atoms with van der Waals surface area (Å²) in [5, 5.41) is 0. The minimum Gasteiger partial charge on any atom is -0.342 e. The van der Waals surface area contributed by atoms with E-state index in [-0.39, 0.29) is 0 Å². The van der Waals surface area contributed by atoms with Crippen molar-refractivity contribution in [1.29, 1.82) is 0 Å². The number of carbonyl (C=O) groups is 1. The Morgan fingerprint density at radius 2 is 1.94 bits per heavy atom. The Kier molecular flexibility index (Phi) is 7.33. The fraction of sp³-hybridized carbons (Fsp3) is 0.933. The largest absolute Gasteiger partial charge is 0.342 e. The van der Waals surface area contributed by atoms with Gasteiger partial charge < -0.3 is 10.6 Å². The van der Waals surface area contributed by atoms with Crippen LogP contribution in [0.1, 0.15) is 65.2 Å². The maximum absolute atomic E-state index is 12.1. The molecule has 2 atom stereocenters. The lowest BCUT2D eigenvalue weighted by Crippen LogP contribution is -2.48. The van der Waals surface area contributed by atoms with Gasteiger partial charge in [0.15, 0.2) is 0 Å². The standard InChI is InChI=1S/C15H30N2O/c1-3-5-6-7-8-9-15(18)17-11-10-14(16)13(4-2)12-17/h13-14H,3-12,16H2,1-2H3. The van der Waals surface area contributed by atoms with Gasteiger partial charge in [0.25, 0.3) is 0 Å². The number of nitrogens with zero attached hydrogens (tertiary/aromatic N) is 1. The van der Waals surface area contributed by atoms with Crippen LogP contribution in [0, 0.1) is 5.92 Å². The third-order valence-electron chi connectivity index (χ3n) is 4.16. The molecule has 1 amide bonds. The molecular formula is C15H30N2O. The van der Waals surface area contributed by atoms with Crippen LogP contribution in [-0.4, -0.2) is 29.9 Å². The average molecular weight is 254 g/mol. The molecule has 3 heteroatoms. The van der Waals surface area contributed by atoms with E-state index in [1.165, 1.54) is 25.7 Å². The minimum absolute atomic E-state index is 0.295. The van der Waals surface area contributed by atoms with Gasteiger partial charge in [0.05, 0.1) is 0 Å². The topological polar surface area (TPSA) is 46.3 Å². The van der Waals surface area contributed by atoms with Crippen molar-refractivity contribution in [1.82, 2.24) is 4.90 Å². The molecule has 0 bridgehead atoms. The monoisotopic (exact) mass is 254 g/mol.